The van der Waals surface area contributed by atoms with Crippen LogP contribution in [-0.2, 0) is 42.8 Å². The molecule has 329 valence electrons. The van der Waals surface area contributed by atoms with E-state index in [1.165, 1.54) is 26.0 Å². The van der Waals surface area contributed by atoms with Gasteiger partial charge in [-0.1, -0.05) is 99.1 Å². The Labute approximate surface area is 376 Å². The molecular formula is C42H49Cl2CoN7O8S. The van der Waals surface area contributed by atoms with Crippen molar-refractivity contribution in [1.82, 2.24) is 4.72 Å². The molecule has 0 aliphatic heterocycles. The predicted octanol–water partition coefficient (Wildman–Crippen LogP) is 11.3. The number of hydrogen-bond acceptors (Lipinski definition) is 12. The standard InChI is InChI=1S/C23H29ClN4O5S.C19H20ClN3O3.Co/c1-4-5-7-10-15(2)28-34(32,33)21-14-20(30)19(13-18(21)24)26-27-22(16(3)29)23(31)25-17-11-8-6-9-12-17;1-3-7-13-10-17(25)16(11-15(13)20)22-23-18(12(2)24)19(26)21-14-8-5-4-6-9-14;/h6,8-9,11-15,28-30H,4-5,7,10H2,1-3H3,(H,25,31);4-6,8-11,24-25H,3,7H2,1-2H3,(H,21,26);/b22-16-,27-26?;18-12-,23-22?;. The van der Waals surface area contributed by atoms with Crippen LogP contribution in [0.3, 0.4) is 0 Å². The van der Waals surface area contributed by atoms with Crippen LogP contribution in [-0.4, -0.2) is 46.7 Å². The normalized spacial score (nSPS) is 12.7. The Balaban J connectivity index is 0.000000427. The quantitative estimate of drug-likeness (QED) is 0.0232. The molecule has 0 aliphatic rings. The molecule has 0 aliphatic carbocycles. The average molecular weight is 942 g/mol. The Morgan fingerprint density at radius 1 is 0.705 bits per heavy atom. The fraction of sp³-hybridized carbons (Fsp3) is 0.286. The van der Waals surface area contributed by atoms with Crippen molar-refractivity contribution in [3.8, 4) is 11.5 Å². The summed E-state index contributed by atoms with van der Waals surface area (Å²) in [5, 5.41) is 60.6. The monoisotopic (exact) mass is 940 g/mol. The molecule has 0 spiro atoms. The smallest absolute Gasteiger partial charge is 0.279 e. The summed E-state index contributed by atoms with van der Waals surface area (Å²) in [4.78, 5) is 24.4. The van der Waals surface area contributed by atoms with Crippen LogP contribution in [0.2, 0.25) is 10.0 Å². The summed E-state index contributed by atoms with van der Waals surface area (Å²) in [5.41, 5.74) is 1.13. The largest absolute Gasteiger partial charge is 0.510 e. The number of amides is 2. The van der Waals surface area contributed by atoms with Crippen molar-refractivity contribution in [2.24, 2.45) is 20.5 Å². The number of sulfonamides is 1. The average Bonchev–Trinajstić information content (AvgIpc) is 3.18. The summed E-state index contributed by atoms with van der Waals surface area (Å²) in [7, 11) is -3.99. The van der Waals surface area contributed by atoms with E-state index in [2.05, 4.69) is 42.7 Å². The van der Waals surface area contributed by atoms with E-state index in [0.717, 1.165) is 49.8 Å². The number of unbranched alkanes of at least 4 members (excludes halogenated alkanes) is 2. The SMILES string of the molecule is CCCCCC(C)NS(=O)(=O)c1cc(O)c(N=N/C(C(=O)Nc2ccccc2)=C(/C)O)cc1Cl.CCCc1cc(O)c(N=N/C(C(=O)Nc2ccccc2)=C(/C)O)cc1Cl.[Co]. The van der Waals surface area contributed by atoms with E-state index in [1.54, 1.807) is 61.5 Å². The van der Waals surface area contributed by atoms with E-state index in [0.29, 0.717) is 22.8 Å². The number of benzene rings is 4. The van der Waals surface area contributed by atoms with Crippen LogP contribution in [0.1, 0.15) is 72.3 Å². The van der Waals surface area contributed by atoms with E-state index >= 15 is 0 Å². The van der Waals surface area contributed by atoms with Crippen LogP contribution >= 0.6 is 23.2 Å². The van der Waals surface area contributed by atoms with Gasteiger partial charge in [0.15, 0.2) is 11.4 Å². The van der Waals surface area contributed by atoms with Gasteiger partial charge in [0.1, 0.15) is 39.3 Å². The Morgan fingerprint density at radius 2 is 1.16 bits per heavy atom. The summed E-state index contributed by atoms with van der Waals surface area (Å²) >= 11 is 12.3. The van der Waals surface area contributed by atoms with Crippen molar-refractivity contribution < 1.29 is 55.2 Å². The third-order valence-electron chi connectivity index (χ3n) is 8.27. The number of para-hydroxylation sites is 2. The molecule has 0 saturated heterocycles. The van der Waals surface area contributed by atoms with Gasteiger partial charge in [-0.25, -0.2) is 13.1 Å². The van der Waals surface area contributed by atoms with Crippen LogP contribution in [0.25, 0.3) is 0 Å². The van der Waals surface area contributed by atoms with Gasteiger partial charge in [0.2, 0.25) is 10.0 Å². The number of phenols is 2. The molecule has 7 N–H and O–H groups in total. The van der Waals surface area contributed by atoms with Crippen LogP contribution in [0.5, 0.6) is 11.5 Å². The van der Waals surface area contributed by atoms with Crippen molar-refractivity contribution in [3.05, 3.63) is 123 Å². The zero-order valence-electron chi connectivity index (χ0n) is 34.1. The molecule has 2 amide bonds. The van der Waals surface area contributed by atoms with E-state index in [-0.39, 0.29) is 61.3 Å². The second-order valence-electron chi connectivity index (χ2n) is 13.4. The third kappa shape index (κ3) is 16.6. The van der Waals surface area contributed by atoms with E-state index < -0.39 is 39.0 Å². The second-order valence-corrected chi connectivity index (χ2v) is 15.9. The molecule has 1 radical (unpaired) electrons. The number of aromatic hydroxyl groups is 2. The van der Waals surface area contributed by atoms with Crippen LogP contribution in [0, 0.1) is 0 Å². The number of allylic oxidation sites excluding steroid dienone is 2. The number of halogens is 2. The molecule has 4 aromatic carbocycles. The predicted molar refractivity (Wildman–Crippen MR) is 234 cm³/mol. The summed E-state index contributed by atoms with van der Waals surface area (Å²) < 4.78 is 28.0. The maximum Gasteiger partial charge on any atom is 0.279 e. The van der Waals surface area contributed by atoms with E-state index in [9.17, 15) is 38.4 Å². The summed E-state index contributed by atoms with van der Waals surface area (Å²) in [6, 6.07) is 22.1. The van der Waals surface area contributed by atoms with Crippen molar-refractivity contribution >= 4 is 67.8 Å². The minimum absolute atomic E-state index is 0. The summed E-state index contributed by atoms with van der Waals surface area (Å²) in [6.45, 7) is 8.42. The minimum atomic E-state index is -3.99. The zero-order valence-corrected chi connectivity index (χ0v) is 37.5. The molecule has 4 aromatic rings. The summed E-state index contributed by atoms with van der Waals surface area (Å²) in [6.07, 6.45) is 5.19. The molecule has 1 atom stereocenters. The number of anilines is 2. The Bertz CT molecular complexity index is 2340. The number of aliphatic hydroxyl groups is 2. The van der Waals surface area contributed by atoms with Crippen molar-refractivity contribution in [3.63, 3.8) is 0 Å². The fourth-order valence-electron chi connectivity index (χ4n) is 5.24. The molecule has 0 aromatic heterocycles. The fourth-order valence-corrected chi connectivity index (χ4v) is 7.31. The van der Waals surface area contributed by atoms with Gasteiger partial charge in [-0.05, 0) is 81.6 Å². The molecule has 4 rings (SSSR count). The van der Waals surface area contributed by atoms with Crippen molar-refractivity contribution in [2.75, 3.05) is 10.6 Å². The molecule has 0 bridgehead atoms. The Morgan fingerprint density at radius 3 is 1.61 bits per heavy atom. The van der Waals surface area contributed by atoms with Gasteiger partial charge in [-0.3, -0.25) is 9.59 Å². The maximum absolute atomic E-state index is 12.7. The van der Waals surface area contributed by atoms with Gasteiger partial charge in [-0.15, -0.1) is 20.5 Å². The minimum Gasteiger partial charge on any atom is -0.510 e. The molecular weight excluding hydrogens is 892 g/mol. The number of carbonyl (C=O) groups is 2. The first-order valence-corrected chi connectivity index (χ1v) is 21.1. The molecule has 19 heteroatoms. The first-order chi connectivity index (χ1) is 28.5. The van der Waals surface area contributed by atoms with E-state index in [1.807, 2.05) is 13.0 Å². The number of phenolic OH excluding ortho intramolecular Hbond substituents is 2. The van der Waals surface area contributed by atoms with Gasteiger partial charge < -0.3 is 31.1 Å². The third-order valence-corrected chi connectivity index (χ3v) is 10.7. The molecule has 0 heterocycles. The Hall–Kier alpha value is -5.30. The maximum atomic E-state index is 12.7. The second kappa shape index (κ2) is 25.5. The molecule has 1 unspecified atom stereocenters. The number of nitrogens with zero attached hydrogens (tertiary/aromatic N) is 4. The topological polar surface area (TPSA) is 235 Å². The van der Waals surface area contributed by atoms with Gasteiger partial charge in [0.05, 0.1) is 5.02 Å². The first kappa shape index (κ1) is 51.8. The number of hydrogen-bond donors (Lipinski definition) is 7. The number of azo groups is 2. The number of aliphatic hydroxyl groups excluding tert-OH is 2. The number of carbonyl (C=O) groups excluding carboxylic acids is 2. The van der Waals surface area contributed by atoms with Crippen LogP contribution < -0.4 is 15.4 Å². The zero-order chi connectivity index (χ0) is 44.4. The van der Waals surface area contributed by atoms with Gasteiger partial charge in [-0.2, -0.15) is 0 Å². The van der Waals surface area contributed by atoms with Gasteiger partial charge in [0, 0.05) is 45.3 Å². The van der Waals surface area contributed by atoms with Crippen molar-refractivity contribution in [1.29, 1.82) is 0 Å². The van der Waals surface area contributed by atoms with Gasteiger partial charge in [0.25, 0.3) is 11.8 Å². The number of aryl methyl sites for hydroxylation is 1. The van der Waals surface area contributed by atoms with E-state index in [4.69, 9.17) is 23.2 Å². The molecule has 0 saturated carbocycles. The van der Waals surface area contributed by atoms with Crippen LogP contribution in [0.15, 0.2) is 133 Å². The summed E-state index contributed by atoms with van der Waals surface area (Å²) in [5.74, 6) is -2.64. The Kier molecular flexibility index (Phi) is 21.6. The first-order valence-electron chi connectivity index (χ1n) is 18.9. The van der Waals surface area contributed by atoms with Crippen LogP contribution in [0.4, 0.5) is 22.7 Å². The van der Waals surface area contributed by atoms with Gasteiger partial charge >= 0.3 is 0 Å². The molecule has 61 heavy (non-hydrogen) atoms. The number of nitrogens with one attached hydrogen (secondary N) is 3. The molecule has 0 fully saturated rings. The van der Waals surface area contributed by atoms with Crippen molar-refractivity contribution in [2.45, 2.75) is 84.1 Å². The molecule has 15 nitrogen and oxygen atoms in total. The number of rotatable bonds is 17.